The molecule has 34 heavy (non-hydrogen) atoms. The number of carbonyl (C=O) groups excluding carboxylic acids is 1. The van der Waals surface area contributed by atoms with E-state index in [0.717, 1.165) is 17.7 Å². The van der Waals surface area contributed by atoms with E-state index < -0.39 is 35.3 Å². The number of carbonyl (C=O) groups is 1. The van der Waals surface area contributed by atoms with E-state index in [2.05, 4.69) is 10.0 Å². The predicted molar refractivity (Wildman–Crippen MR) is 122 cm³/mol. The van der Waals surface area contributed by atoms with Crippen molar-refractivity contribution in [2.75, 3.05) is 32.9 Å². The number of alkyl halides is 4. The molecule has 0 radical (unpaired) electrons. The first-order valence-electron chi connectivity index (χ1n) is 11.0. The quantitative estimate of drug-likeness (QED) is 0.564. The second-order valence-electron chi connectivity index (χ2n) is 8.01. The van der Waals surface area contributed by atoms with Crippen LogP contribution in [0.1, 0.15) is 29.5 Å². The fraction of sp³-hybridized carbons (Fsp3) is 0.417. The van der Waals surface area contributed by atoms with Crippen molar-refractivity contribution in [2.45, 2.75) is 30.6 Å². The Bertz CT molecular complexity index is 1030. The summed E-state index contributed by atoms with van der Waals surface area (Å²) in [4.78, 5) is 15.1. The number of halogens is 4. The third-order valence-corrected chi connectivity index (χ3v) is 6.39. The third-order valence-electron chi connectivity index (χ3n) is 5.91. The molecule has 1 saturated heterocycles. The number of hydrogen-bond donors (Lipinski definition) is 0. The molecule has 2 aromatic carbocycles. The molecular formula is C24H25ClF3N3O3. The Morgan fingerprint density at radius 2 is 1.85 bits per heavy atom. The van der Waals surface area contributed by atoms with Gasteiger partial charge in [0.15, 0.2) is 0 Å². The van der Waals surface area contributed by atoms with Crippen LogP contribution in [0.5, 0.6) is 0 Å². The number of hydrogen-bond acceptors (Lipinski definition) is 5. The topological polar surface area (TPSA) is 54.4 Å². The first-order valence-corrected chi connectivity index (χ1v) is 11.5. The van der Waals surface area contributed by atoms with Gasteiger partial charge in [-0.15, -0.1) is 11.6 Å². The van der Waals surface area contributed by atoms with E-state index in [-0.39, 0.29) is 17.9 Å². The van der Waals surface area contributed by atoms with Gasteiger partial charge in [0, 0.05) is 19.0 Å². The SMILES string of the molecule is CCOC(=O)N1N=C(c2cccc(C(F)(F)F)c2)[C@@H](Cl)[C@@H](c2ccccc2)[C@@H]1N1CCOCC1. The number of benzene rings is 2. The summed E-state index contributed by atoms with van der Waals surface area (Å²) < 4.78 is 51.0. The second-order valence-corrected chi connectivity index (χ2v) is 8.48. The van der Waals surface area contributed by atoms with Gasteiger partial charge in [0.25, 0.3) is 0 Å². The molecule has 0 aliphatic carbocycles. The summed E-state index contributed by atoms with van der Waals surface area (Å²) in [5.41, 5.74) is 0.406. The molecule has 10 heteroatoms. The van der Waals surface area contributed by atoms with Crippen LogP contribution in [0.3, 0.4) is 0 Å². The molecule has 2 aromatic rings. The van der Waals surface area contributed by atoms with Crippen LogP contribution >= 0.6 is 11.6 Å². The molecule has 0 unspecified atom stereocenters. The van der Waals surface area contributed by atoms with Gasteiger partial charge in [-0.3, -0.25) is 4.90 Å². The summed E-state index contributed by atoms with van der Waals surface area (Å²) in [6.45, 7) is 3.85. The number of morpholine rings is 1. The van der Waals surface area contributed by atoms with E-state index in [1.165, 1.54) is 17.1 Å². The average molecular weight is 496 g/mol. The summed E-state index contributed by atoms with van der Waals surface area (Å²) in [6, 6.07) is 14.2. The lowest BCUT2D eigenvalue weighted by Gasteiger charge is -2.46. The Morgan fingerprint density at radius 1 is 1.15 bits per heavy atom. The first-order chi connectivity index (χ1) is 16.3. The minimum Gasteiger partial charge on any atom is -0.448 e. The van der Waals surface area contributed by atoms with Crippen LogP contribution < -0.4 is 0 Å². The molecular weight excluding hydrogens is 471 g/mol. The zero-order chi connectivity index (χ0) is 24.3. The van der Waals surface area contributed by atoms with Gasteiger partial charge in [-0.05, 0) is 30.2 Å². The monoisotopic (exact) mass is 495 g/mol. The molecule has 0 aromatic heterocycles. The van der Waals surface area contributed by atoms with Gasteiger partial charge >= 0.3 is 12.3 Å². The fourth-order valence-corrected chi connectivity index (χ4v) is 4.80. The summed E-state index contributed by atoms with van der Waals surface area (Å²) >= 11 is 7.00. The minimum atomic E-state index is -4.52. The summed E-state index contributed by atoms with van der Waals surface area (Å²) in [5, 5.41) is 4.92. The third kappa shape index (κ3) is 5.06. The predicted octanol–water partition coefficient (Wildman–Crippen LogP) is 4.93. The van der Waals surface area contributed by atoms with Crippen LogP contribution in [0, 0.1) is 0 Å². The number of amides is 1. The van der Waals surface area contributed by atoms with Crippen LogP contribution in [-0.2, 0) is 15.7 Å². The molecule has 0 spiro atoms. The highest BCUT2D eigenvalue weighted by atomic mass is 35.5. The maximum Gasteiger partial charge on any atom is 0.431 e. The molecule has 2 aliphatic rings. The van der Waals surface area contributed by atoms with Gasteiger partial charge < -0.3 is 9.47 Å². The van der Waals surface area contributed by atoms with Crippen molar-refractivity contribution in [2.24, 2.45) is 5.10 Å². The molecule has 6 nitrogen and oxygen atoms in total. The van der Waals surface area contributed by atoms with Gasteiger partial charge in [-0.25, -0.2) is 4.79 Å². The largest absolute Gasteiger partial charge is 0.448 e. The van der Waals surface area contributed by atoms with E-state index in [1.54, 1.807) is 6.92 Å². The average Bonchev–Trinajstić information content (AvgIpc) is 2.84. The normalized spacial score (nSPS) is 24.0. The standard InChI is InChI=1S/C24H25ClF3N3O3/c1-2-34-23(32)31-22(30-11-13-33-14-12-30)19(16-7-4-3-5-8-16)20(25)21(29-31)17-9-6-10-18(15-17)24(26,27)28/h3-10,15,19-20,22H,2,11-14H2,1H3/t19-,20+,22-/m1/s1. The lowest BCUT2D eigenvalue weighted by Crippen LogP contribution is -2.60. The lowest BCUT2D eigenvalue weighted by molar-refractivity contribution is -0.137. The van der Waals surface area contributed by atoms with Gasteiger partial charge in [0.05, 0.1) is 36.5 Å². The molecule has 182 valence electrons. The molecule has 3 atom stereocenters. The van der Waals surface area contributed by atoms with Gasteiger partial charge in [-0.1, -0.05) is 42.5 Å². The fourth-order valence-electron chi connectivity index (χ4n) is 4.35. The van der Waals surface area contributed by atoms with Crippen LogP contribution in [0.25, 0.3) is 0 Å². The number of ether oxygens (including phenoxy) is 2. The molecule has 1 fully saturated rings. The Kier molecular flexibility index (Phi) is 7.45. The Hall–Kier alpha value is -2.62. The van der Waals surface area contributed by atoms with Crippen LogP contribution in [0.15, 0.2) is 59.7 Å². The Labute approximate surface area is 200 Å². The highest BCUT2D eigenvalue weighted by Crippen LogP contribution is 2.39. The number of hydrazone groups is 1. The van der Waals surface area contributed by atoms with Crippen molar-refractivity contribution in [1.82, 2.24) is 9.91 Å². The molecule has 0 N–H and O–H groups in total. The van der Waals surface area contributed by atoms with Crippen LogP contribution in [0.2, 0.25) is 0 Å². The van der Waals surface area contributed by atoms with Gasteiger partial charge in [-0.2, -0.15) is 23.3 Å². The molecule has 0 bridgehead atoms. The summed E-state index contributed by atoms with van der Waals surface area (Å²) in [7, 11) is 0. The summed E-state index contributed by atoms with van der Waals surface area (Å²) in [6.07, 6.45) is -5.81. The Balaban J connectivity index is 1.86. The maximum absolute atomic E-state index is 13.4. The first kappa shape index (κ1) is 24.5. The van der Waals surface area contributed by atoms with Crippen molar-refractivity contribution < 1.29 is 27.4 Å². The Morgan fingerprint density at radius 3 is 2.50 bits per heavy atom. The second kappa shape index (κ2) is 10.3. The van der Waals surface area contributed by atoms with Crippen molar-refractivity contribution in [3.8, 4) is 0 Å². The maximum atomic E-state index is 13.4. The summed E-state index contributed by atoms with van der Waals surface area (Å²) in [5.74, 6) is -0.479. The zero-order valence-electron chi connectivity index (χ0n) is 18.5. The molecule has 4 rings (SSSR count). The highest BCUT2D eigenvalue weighted by molar-refractivity contribution is 6.36. The lowest BCUT2D eigenvalue weighted by atomic mass is 9.85. The van der Waals surface area contributed by atoms with Crippen molar-refractivity contribution in [3.63, 3.8) is 0 Å². The molecule has 1 amide bonds. The van der Waals surface area contributed by atoms with Crippen LogP contribution in [0.4, 0.5) is 18.0 Å². The van der Waals surface area contributed by atoms with E-state index in [9.17, 15) is 18.0 Å². The van der Waals surface area contributed by atoms with E-state index >= 15 is 0 Å². The molecule has 0 saturated carbocycles. The van der Waals surface area contributed by atoms with Crippen molar-refractivity contribution in [3.05, 3.63) is 71.3 Å². The number of rotatable bonds is 4. The van der Waals surface area contributed by atoms with Gasteiger partial charge in [0.2, 0.25) is 0 Å². The highest BCUT2D eigenvalue weighted by Gasteiger charge is 2.47. The minimum absolute atomic E-state index is 0.125. The molecule has 2 aliphatic heterocycles. The van der Waals surface area contributed by atoms with Crippen LogP contribution in [-0.4, -0.2) is 66.2 Å². The smallest absolute Gasteiger partial charge is 0.431 e. The van der Waals surface area contributed by atoms with E-state index in [1.807, 2.05) is 30.3 Å². The number of nitrogens with zero attached hydrogens (tertiary/aromatic N) is 3. The van der Waals surface area contributed by atoms with E-state index in [4.69, 9.17) is 21.1 Å². The van der Waals surface area contributed by atoms with E-state index in [0.29, 0.717) is 26.3 Å². The zero-order valence-corrected chi connectivity index (χ0v) is 19.3. The molecule has 2 heterocycles. The van der Waals surface area contributed by atoms with Gasteiger partial charge in [0.1, 0.15) is 6.17 Å². The van der Waals surface area contributed by atoms with Crippen molar-refractivity contribution in [1.29, 1.82) is 0 Å². The van der Waals surface area contributed by atoms with Crippen molar-refractivity contribution >= 4 is 23.4 Å².